The SMILES string of the molecule is CC1CCC([C@H](NC(=O)OC(C)(C)C)C(=O)Nc2ncc(C(CN3CCC(F)(F)CC3)N3CC(F)(F)CNC3=O)s2)CC1. The number of thiazole rings is 1. The van der Waals surface area contributed by atoms with Gasteiger partial charge in [-0.2, -0.15) is 0 Å². The van der Waals surface area contributed by atoms with Crippen molar-refractivity contribution in [3.63, 3.8) is 0 Å². The number of halogens is 4. The lowest BCUT2D eigenvalue weighted by atomic mass is 9.79. The molecule has 3 aliphatic rings. The summed E-state index contributed by atoms with van der Waals surface area (Å²) >= 11 is 1.02. The number of carbonyl (C=O) groups excluding carboxylic acids is 3. The first-order chi connectivity index (χ1) is 20.0. The second-order valence-corrected chi connectivity index (χ2v) is 14.1. The first-order valence-corrected chi connectivity index (χ1v) is 15.6. The number of aromatic nitrogens is 1. The fourth-order valence-electron chi connectivity index (χ4n) is 5.72. The summed E-state index contributed by atoms with van der Waals surface area (Å²) in [5.41, 5.74) is -0.757. The summed E-state index contributed by atoms with van der Waals surface area (Å²) in [5.74, 6) is -6.05. The predicted octanol–water partition coefficient (Wildman–Crippen LogP) is 5.23. The van der Waals surface area contributed by atoms with E-state index >= 15 is 0 Å². The highest BCUT2D eigenvalue weighted by Crippen LogP contribution is 2.36. The minimum absolute atomic E-state index is 0.0514. The minimum Gasteiger partial charge on any atom is -0.444 e. The van der Waals surface area contributed by atoms with Crippen molar-refractivity contribution in [2.45, 2.75) is 95.7 Å². The Morgan fingerprint density at radius 2 is 1.79 bits per heavy atom. The summed E-state index contributed by atoms with van der Waals surface area (Å²) in [6, 6.07) is -2.48. The van der Waals surface area contributed by atoms with Gasteiger partial charge in [0.05, 0.1) is 24.0 Å². The van der Waals surface area contributed by atoms with Crippen LogP contribution in [0.5, 0.6) is 0 Å². The maximum Gasteiger partial charge on any atom is 0.408 e. The van der Waals surface area contributed by atoms with Crippen LogP contribution in [-0.2, 0) is 9.53 Å². The summed E-state index contributed by atoms with van der Waals surface area (Å²) in [5, 5.41) is 7.86. The number of piperidine rings is 1. The molecule has 43 heavy (non-hydrogen) atoms. The molecule has 3 N–H and O–H groups in total. The number of hydrogen-bond acceptors (Lipinski definition) is 7. The third-order valence-electron chi connectivity index (χ3n) is 8.12. The average Bonchev–Trinajstić information content (AvgIpc) is 3.36. The number of nitrogens with one attached hydrogen (secondary N) is 3. The van der Waals surface area contributed by atoms with E-state index in [4.69, 9.17) is 4.74 Å². The van der Waals surface area contributed by atoms with Crippen LogP contribution in [0, 0.1) is 11.8 Å². The van der Waals surface area contributed by atoms with Crippen LogP contribution in [0.2, 0.25) is 0 Å². The molecule has 2 saturated heterocycles. The van der Waals surface area contributed by atoms with E-state index in [-0.39, 0.29) is 43.5 Å². The monoisotopic (exact) mass is 634 g/mol. The summed E-state index contributed by atoms with van der Waals surface area (Å²) in [6.07, 6.45) is 3.28. The smallest absolute Gasteiger partial charge is 0.408 e. The Labute approximate surface area is 253 Å². The fourth-order valence-corrected chi connectivity index (χ4v) is 6.64. The van der Waals surface area contributed by atoms with E-state index in [9.17, 15) is 31.9 Å². The highest BCUT2D eigenvalue weighted by molar-refractivity contribution is 7.15. The van der Waals surface area contributed by atoms with Crippen molar-refractivity contribution in [1.82, 2.24) is 25.4 Å². The number of amides is 4. The molecule has 242 valence electrons. The van der Waals surface area contributed by atoms with Gasteiger partial charge in [0.2, 0.25) is 5.91 Å². The van der Waals surface area contributed by atoms with Crippen LogP contribution in [-0.4, -0.2) is 89.0 Å². The fraction of sp³-hybridized carbons (Fsp3) is 0.786. The lowest BCUT2D eigenvalue weighted by molar-refractivity contribution is -0.119. The van der Waals surface area contributed by atoms with E-state index < -0.39 is 60.7 Å². The summed E-state index contributed by atoms with van der Waals surface area (Å²) in [4.78, 5) is 46.3. The standard InChI is InChI=1S/C28H42F4N6O4S/c1-17-5-7-18(8-6-17)21(35-25(41)42-26(2,3)4)22(39)36-23-33-13-20(43-23)19(14-37-11-9-27(29,30)10-12-37)38-16-28(31,32)15-34-24(38)40/h13,17-19,21H,5-12,14-16H2,1-4H3,(H,34,40)(H,35,41)(H,33,36,39)/t17?,18?,19?,21-/m0/s1. The van der Waals surface area contributed by atoms with Gasteiger partial charge in [0.25, 0.3) is 11.8 Å². The van der Waals surface area contributed by atoms with Crippen molar-refractivity contribution in [2.75, 3.05) is 38.0 Å². The Hall–Kier alpha value is -2.68. The molecule has 1 aromatic rings. The van der Waals surface area contributed by atoms with Gasteiger partial charge in [0.1, 0.15) is 11.6 Å². The van der Waals surface area contributed by atoms with E-state index in [0.717, 1.165) is 41.9 Å². The minimum atomic E-state index is -3.18. The molecule has 1 aliphatic carbocycles. The molecule has 0 radical (unpaired) electrons. The Bertz CT molecular complexity index is 1140. The molecule has 0 aromatic carbocycles. The average molecular weight is 635 g/mol. The number of alkyl carbamates (subject to hydrolysis) is 1. The predicted molar refractivity (Wildman–Crippen MR) is 153 cm³/mol. The van der Waals surface area contributed by atoms with E-state index in [1.807, 2.05) is 0 Å². The van der Waals surface area contributed by atoms with E-state index in [1.54, 1.807) is 25.7 Å². The zero-order valence-corrected chi connectivity index (χ0v) is 25.9. The maximum absolute atomic E-state index is 14.4. The molecule has 1 aromatic heterocycles. The number of alkyl halides is 4. The largest absolute Gasteiger partial charge is 0.444 e. The number of anilines is 1. The van der Waals surface area contributed by atoms with Crippen LogP contribution in [0.1, 0.15) is 77.1 Å². The highest BCUT2D eigenvalue weighted by atomic mass is 32.1. The molecule has 1 unspecified atom stereocenters. The third-order valence-corrected chi connectivity index (χ3v) is 9.14. The van der Waals surface area contributed by atoms with Crippen molar-refractivity contribution < 1.29 is 36.7 Å². The molecule has 3 heterocycles. The zero-order chi connectivity index (χ0) is 31.6. The Morgan fingerprint density at radius 3 is 2.42 bits per heavy atom. The molecule has 4 rings (SSSR count). The van der Waals surface area contributed by atoms with Crippen LogP contribution in [0.4, 0.5) is 32.3 Å². The molecule has 15 heteroatoms. The normalized spacial score (nSPS) is 25.8. The summed E-state index contributed by atoms with van der Waals surface area (Å²) in [7, 11) is 0. The number of urea groups is 1. The van der Waals surface area contributed by atoms with Gasteiger partial charge in [-0.25, -0.2) is 32.1 Å². The second kappa shape index (κ2) is 13.1. The van der Waals surface area contributed by atoms with Gasteiger partial charge in [0, 0.05) is 38.7 Å². The van der Waals surface area contributed by atoms with Gasteiger partial charge in [0.15, 0.2) is 5.13 Å². The zero-order valence-electron chi connectivity index (χ0n) is 25.1. The first kappa shape index (κ1) is 33.2. The number of ether oxygens (including phenoxy) is 1. The molecule has 3 fully saturated rings. The summed E-state index contributed by atoms with van der Waals surface area (Å²) < 4.78 is 61.7. The molecular formula is C28H42F4N6O4S. The molecule has 4 amide bonds. The van der Waals surface area contributed by atoms with Gasteiger partial charge in [-0.3, -0.25) is 4.79 Å². The number of likely N-dealkylation sites (tertiary alicyclic amines) is 1. The molecular weight excluding hydrogens is 592 g/mol. The van der Waals surface area contributed by atoms with Crippen LogP contribution in [0.15, 0.2) is 6.20 Å². The van der Waals surface area contributed by atoms with Gasteiger partial charge in [-0.1, -0.05) is 31.1 Å². The highest BCUT2D eigenvalue weighted by Gasteiger charge is 2.44. The number of rotatable bonds is 8. The molecule has 2 atom stereocenters. The number of carbonyl (C=O) groups is 3. The van der Waals surface area contributed by atoms with E-state index in [1.165, 1.54) is 6.20 Å². The molecule has 2 aliphatic heterocycles. The van der Waals surface area contributed by atoms with Gasteiger partial charge in [-0.15, -0.1) is 0 Å². The van der Waals surface area contributed by atoms with Crippen molar-refractivity contribution in [2.24, 2.45) is 11.8 Å². The van der Waals surface area contributed by atoms with E-state index in [0.29, 0.717) is 10.8 Å². The lowest BCUT2D eigenvalue weighted by Gasteiger charge is -2.41. The molecule has 10 nitrogen and oxygen atoms in total. The molecule has 0 bridgehead atoms. The third kappa shape index (κ3) is 9.40. The number of nitrogens with zero attached hydrogens (tertiary/aromatic N) is 3. The van der Waals surface area contributed by atoms with Gasteiger partial charge < -0.3 is 30.5 Å². The first-order valence-electron chi connectivity index (χ1n) is 14.8. The van der Waals surface area contributed by atoms with Crippen molar-refractivity contribution in [3.8, 4) is 0 Å². The lowest BCUT2D eigenvalue weighted by Crippen LogP contribution is -2.59. The summed E-state index contributed by atoms with van der Waals surface area (Å²) in [6.45, 7) is 5.86. The Morgan fingerprint density at radius 1 is 1.14 bits per heavy atom. The van der Waals surface area contributed by atoms with Crippen LogP contribution in [0.3, 0.4) is 0 Å². The van der Waals surface area contributed by atoms with E-state index in [2.05, 4.69) is 27.9 Å². The Balaban J connectivity index is 1.52. The van der Waals surface area contributed by atoms with Crippen LogP contribution >= 0.6 is 11.3 Å². The molecule has 0 spiro atoms. The van der Waals surface area contributed by atoms with Crippen LogP contribution in [0.25, 0.3) is 0 Å². The second-order valence-electron chi connectivity index (χ2n) is 13.0. The quantitative estimate of drug-likeness (QED) is 0.337. The van der Waals surface area contributed by atoms with Gasteiger partial charge >= 0.3 is 12.1 Å². The van der Waals surface area contributed by atoms with Crippen LogP contribution < -0.4 is 16.0 Å². The van der Waals surface area contributed by atoms with Crippen molar-refractivity contribution in [3.05, 3.63) is 11.1 Å². The maximum atomic E-state index is 14.4. The molecule has 1 saturated carbocycles. The van der Waals surface area contributed by atoms with Crippen molar-refractivity contribution in [1.29, 1.82) is 0 Å². The Kier molecular flexibility index (Phi) is 10.1. The van der Waals surface area contributed by atoms with Crippen molar-refractivity contribution >= 4 is 34.5 Å². The van der Waals surface area contributed by atoms with Gasteiger partial charge in [-0.05, 0) is 45.4 Å². The number of hydrogen-bond donors (Lipinski definition) is 3. The topological polar surface area (TPSA) is 116 Å².